The van der Waals surface area contributed by atoms with E-state index in [1.165, 1.54) is 0 Å². The summed E-state index contributed by atoms with van der Waals surface area (Å²) in [5.41, 5.74) is 3.73. The number of para-hydroxylation sites is 1. The van der Waals surface area contributed by atoms with Crippen LogP contribution in [0.25, 0.3) is 22.0 Å². The smallest absolute Gasteiger partial charge is 0.125 e. The number of rotatable bonds is 4. The first-order chi connectivity index (χ1) is 10.3. The molecule has 0 aliphatic rings. The molecule has 3 nitrogen and oxygen atoms in total. The highest BCUT2D eigenvalue weighted by atomic mass is 16.5. The second-order valence-electron chi connectivity index (χ2n) is 4.77. The molecule has 3 rings (SSSR count). The SMILES string of the molecule is COc1ccc(-c2cc3ccccc3nc2CC=O)cc1. The Bertz CT molecular complexity index is 779. The van der Waals surface area contributed by atoms with Crippen molar-refractivity contribution in [3.8, 4) is 16.9 Å². The third-order valence-electron chi connectivity index (χ3n) is 3.48. The number of ether oxygens (including phenoxy) is 1. The molecule has 0 radical (unpaired) electrons. The average Bonchev–Trinajstić information content (AvgIpc) is 2.55. The summed E-state index contributed by atoms with van der Waals surface area (Å²) in [4.78, 5) is 15.6. The number of nitrogens with zero attached hydrogens (tertiary/aromatic N) is 1. The quantitative estimate of drug-likeness (QED) is 0.683. The fourth-order valence-corrected chi connectivity index (χ4v) is 2.41. The molecule has 104 valence electrons. The molecule has 0 saturated carbocycles. The highest BCUT2D eigenvalue weighted by molar-refractivity contribution is 5.85. The van der Waals surface area contributed by atoms with E-state index in [0.717, 1.165) is 39.8 Å². The summed E-state index contributed by atoms with van der Waals surface area (Å²) < 4.78 is 5.18. The maximum absolute atomic E-state index is 10.9. The number of fused-ring (bicyclic) bond motifs is 1. The van der Waals surface area contributed by atoms with Gasteiger partial charge in [0.05, 0.1) is 18.3 Å². The first-order valence-corrected chi connectivity index (χ1v) is 6.78. The molecule has 1 aromatic heterocycles. The van der Waals surface area contributed by atoms with Crippen molar-refractivity contribution in [3.63, 3.8) is 0 Å². The fourth-order valence-electron chi connectivity index (χ4n) is 2.41. The zero-order valence-corrected chi connectivity index (χ0v) is 11.7. The second-order valence-corrected chi connectivity index (χ2v) is 4.77. The predicted octanol–water partition coefficient (Wildman–Crippen LogP) is 3.65. The fraction of sp³-hybridized carbons (Fsp3) is 0.111. The maximum Gasteiger partial charge on any atom is 0.125 e. The van der Waals surface area contributed by atoms with Crippen LogP contribution in [0.2, 0.25) is 0 Å². The van der Waals surface area contributed by atoms with Gasteiger partial charge in [-0.3, -0.25) is 4.98 Å². The topological polar surface area (TPSA) is 39.2 Å². The third-order valence-corrected chi connectivity index (χ3v) is 3.48. The van der Waals surface area contributed by atoms with Crippen molar-refractivity contribution in [2.24, 2.45) is 0 Å². The molecule has 0 saturated heterocycles. The minimum absolute atomic E-state index is 0.312. The zero-order valence-electron chi connectivity index (χ0n) is 11.7. The lowest BCUT2D eigenvalue weighted by atomic mass is 10.00. The summed E-state index contributed by atoms with van der Waals surface area (Å²) in [6.45, 7) is 0. The van der Waals surface area contributed by atoms with Crippen LogP contribution in [-0.4, -0.2) is 18.4 Å². The lowest BCUT2D eigenvalue weighted by Crippen LogP contribution is -1.96. The molecule has 0 spiro atoms. The van der Waals surface area contributed by atoms with Crippen molar-refractivity contribution in [2.45, 2.75) is 6.42 Å². The van der Waals surface area contributed by atoms with Gasteiger partial charge < -0.3 is 9.53 Å². The van der Waals surface area contributed by atoms with Crippen molar-refractivity contribution >= 4 is 17.2 Å². The maximum atomic E-state index is 10.9. The summed E-state index contributed by atoms with van der Waals surface area (Å²) >= 11 is 0. The molecule has 21 heavy (non-hydrogen) atoms. The van der Waals surface area contributed by atoms with Gasteiger partial charge in [-0.05, 0) is 29.8 Å². The first kappa shape index (κ1) is 13.3. The molecular formula is C18H15NO2. The summed E-state index contributed by atoms with van der Waals surface area (Å²) in [7, 11) is 1.64. The number of aromatic nitrogens is 1. The molecule has 0 aliphatic heterocycles. The second kappa shape index (κ2) is 5.75. The molecule has 0 unspecified atom stereocenters. The van der Waals surface area contributed by atoms with Crippen LogP contribution in [0.4, 0.5) is 0 Å². The van der Waals surface area contributed by atoms with E-state index in [4.69, 9.17) is 4.74 Å². The van der Waals surface area contributed by atoms with Crippen molar-refractivity contribution < 1.29 is 9.53 Å². The Hall–Kier alpha value is -2.68. The van der Waals surface area contributed by atoms with E-state index >= 15 is 0 Å². The van der Waals surface area contributed by atoms with E-state index in [1.807, 2.05) is 48.5 Å². The largest absolute Gasteiger partial charge is 0.497 e. The number of pyridine rings is 1. The lowest BCUT2D eigenvalue weighted by molar-refractivity contribution is -0.107. The summed E-state index contributed by atoms with van der Waals surface area (Å²) in [5, 5.41) is 1.07. The van der Waals surface area contributed by atoms with Gasteiger partial charge in [0.1, 0.15) is 12.0 Å². The minimum Gasteiger partial charge on any atom is -0.497 e. The van der Waals surface area contributed by atoms with Crippen molar-refractivity contribution in [1.29, 1.82) is 0 Å². The van der Waals surface area contributed by atoms with Gasteiger partial charge >= 0.3 is 0 Å². The van der Waals surface area contributed by atoms with Crippen LogP contribution in [0.1, 0.15) is 5.69 Å². The van der Waals surface area contributed by atoms with Crippen LogP contribution < -0.4 is 4.74 Å². The van der Waals surface area contributed by atoms with Crippen LogP contribution in [-0.2, 0) is 11.2 Å². The van der Waals surface area contributed by atoms with E-state index in [-0.39, 0.29) is 0 Å². The van der Waals surface area contributed by atoms with Crippen LogP contribution in [0.15, 0.2) is 54.6 Å². The predicted molar refractivity (Wildman–Crippen MR) is 83.5 cm³/mol. The number of benzene rings is 2. The number of methoxy groups -OCH3 is 1. The highest BCUT2D eigenvalue weighted by Gasteiger charge is 2.09. The number of carbonyl (C=O) groups excluding carboxylic acids is 1. The van der Waals surface area contributed by atoms with Crippen LogP contribution >= 0.6 is 0 Å². The van der Waals surface area contributed by atoms with Crippen LogP contribution in [0.3, 0.4) is 0 Å². The standard InChI is InChI=1S/C18H15NO2/c1-21-15-8-6-13(7-9-15)16-12-14-4-2-3-5-17(14)19-18(16)10-11-20/h2-9,11-12H,10H2,1H3. The molecule has 0 fully saturated rings. The van der Waals surface area contributed by atoms with Gasteiger partial charge in [0.25, 0.3) is 0 Å². The van der Waals surface area contributed by atoms with Gasteiger partial charge in [0, 0.05) is 17.4 Å². The van der Waals surface area contributed by atoms with Gasteiger partial charge in [0.15, 0.2) is 0 Å². The summed E-state index contributed by atoms with van der Waals surface area (Å²) in [5.74, 6) is 0.810. The molecule has 0 bridgehead atoms. The van der Waals surface area contributed by atoms with Crippen molar-refractivity contribution in [2.75, 3.05) is 7.11 Å². The van der Waals surface area contributed by atoms with Crippen molar-refractivity contribution in [3.05, 3.63) is 60.3 Å². The molecular weight excluding hydrogens is 262 g/mol. The van der Waals surface area contributed by atoms with Crippen LogP contribution in [0, 0.1) is 0 Å². The van der Waals surface area contributed by atoms with Gasteiger partial charge in [-0.1, -0.05) is 30.3 Å². The molecule has 0 N–H and O–H groups in total. The minimum atomic E-state index is 0.312. The Kier molecular flexibility index (Phi) is 3.65. The van der Waals surface area contributed by atoms with Gasteiger partial charge in [0.2, 0.25) is 0 Å². The van der Waals surface area contributed by atoms with E-state index in [1.54, 1.807) is 7.11 Å². The Morgan fingerprint density at radius 2 is 1.86 bits per heavy atom. The molecule has 0 aliphatic carbocycles. The van der Waals surface area contributed by atoms with E-state index in [2.05, 4.69) is 11.1 Å². The molecule has 3 heteroatoms. The normalized spacial score (nSPS) is 10.5. The van der Waals surface area contributed by atoms with Gasteiger partial charge in [-0.2, -0.15) is 0 Å². The molecule has 3 aromatic rings. The number of aldehydes is 1. The van der Waals surface area contributed by atoms with E-state index in [0.29, 0.717) is 6.42 Å². The van der Waals surface area contributed by atoms with Crippen LogP contribution in [0.5, 0.6) is 5.75 Å². The van der Waals surface area contributed by atoms with Gasteiger partial charge in [-0.25, -0.2) is 0 Å². The number of hydrogen-bond donors (Lipinski definition) is 0. The van der Waals surface area contributed by atoms with E-state index < -0.39 is 0 Å². The Balaban J connectivity index is 2.17. The average molecular weight is 277 g/mol. The number of hydrogen-bond acceptors (Lipinski definition) is 3. The molecule has 0 amide bonds. The summed E-state index contributed by atoms with van der Waals surface area (Å²) in [6, 6.07) is 17.8. The number of carbonyl (C=O) groups is 1. The zero-order chi connectivity index (χ0) is 14.7. The van der Waals surface area contributed by atoms with Gasteiger partial charge in [-0.15, -0.1) is 0 Å². The molecule has 0 atom stereocenters. The highest BCUT2D eigenvalue weighted by Crippen LogP contribution is 2.28. The molecule has 2 aromatic carbocycles. The Morgan fingerprint density at radius 1 is 1.10 bits per heavy atom. The lowest BCUT2D eigenvalue weighted by Gasteiger charge is -2.10. The monoisotopic (exact) mass is 277 g/mol. The van der Waals surface area contributed by atoms with E-state index in [9.17, 15) is 4.79 Å². The third kappa shape index (κ3) is 2.63. The Labute approximate surface area is 123 Å². The van der Waals surface area contributed by atoms with Crippen molar-refractivity contribution in [1.82, 2.24) is 4.98 Å². The molecule has 1 heterocycles. The Morgan fingerprint density at radius 3 is 2.57 bits per heavy atom. The summed E-state index contributed by atoms with van der Waals surface area (Å²) in [6.07, 6.45) is 1.20. The first-order valence-electron chi connectivity index (χ1n) is 6.78.